The van der Waals surface area contributed by atoms with E-state index >= 15 is 0 Å². The van der Waals surface area contributed by atoms with E-state index in [1.54, 1.807) is 36.4 Å². The number of sulfonamides is 1. The number of phenols is 1. The van der Waals surface area contributed by atoms with Gasteiger partial charge in [-0.25, -0.2) is 8.42 Å². The first-order valence-electron chi connectivity index (χ1n) is 10.6. The van der Waals surface area contributed by atoms with Crippen LogP contribution in [0.15, 0.2) is 78.8 Å². The zero-order valence-electron chi connectivity index (χ0n) is 18.1. The molecular formula is C25H28N2O4S. The van der Waals surface area contributed by atoms with Crippen LogP contribution in [0.1, 0.15) is 29.5 Å². The lowest BCUT2D eigenvalue weighted by atomic mass is 9.77. The molecular weight excluding hydrogens is 424 g/mol. The van der Waals surface area contributed by atoms with Gasteiger partial charge in [-0.1, -0.05) is 30.4 Å². The van der Waals surface area contributed by atoms with E-state index in [0.29, 0.717) is 5.75 Å². The minimum Gasteiger partial charge on any atom is -0.504 e. The fraction of sp³-hybridized carbons (Fsp3) is 0.280. The van der Waals surface area contributed by atoms with Crippen molar-refractivity contribution in [2.45, 2.75) is 23.3 Å². The van der Waals surface area contributed by atoms with E-state index in [9.17, 15) is 13.5 Å². The van der Waals surface area contributed by atoms with E-state index in [0.717, 1.165) is 23.2 Å². The van der Waals surface area contributed by atoms with Gasteiger partial charge in [-0.15, -0.1) is 13.2 Å². The van der Waals surface area contributed by atoms with Crippen molar-refractivity contribution in [2.75, 3.05) is 25.5 Å². The fourth-order valence-electron chi connectivity index (χ4n) is 4.67. The minimum atomic E-state index is -3.67. The summed E-state index contributed by atoms with van der Waals surface area (Å²) in [5, 5.41) is 13.8. The average Bonchev–Trinajstić information content (AvgIpc) is 3.28. The molecule has 168 valence electrons. The summed E-state index contributed by atoms with van der Waals surface area (Å²) in [7, 11) is -2.15. The summed E-state index contributed by atoms with van der Waals surface area (Å²) in [6.07, 6.45) is 8.32. The molecule has 0 saturated heterocycles. The van der Waals surface area contributed by atoms with Crippen molar-refractivity contribution in [2.24, 2.45) is 5.92 Å². The first-order chi connectivity index (χ1) is 15.4. The van der Waals surface area contributed by atoms with Gasteiger partial charge in [0.05, 0.1) is 18.0 Å². The van der Waals surface area contributed by atoms with Crippen molar-refractivity contribution in [3.8, 4) is 11.5 Å². The number of allylic oxidation sites excluding steroid dienone is 2. The Morgan fingerprint density at radius 1 is 1.19 bits per heavy atom. The van der Waals surface area contributed by atoms with Crippen molar-refractivity contribution in [1.29, 1.82) is 0 Å². The second-order valence-electron chi connectivity index (χ2n) is 8.06. The predicted molar refractivity (Wildman–Crippen MR) is 127 cm³/mol. The number of benzene rings is 2. The molecule has 0 aromatic heterocycles. The van der Waals surface area contributed by atoms with Gasteiger partial charge in [0.25, 0.3) is 0 Å². The number of aromatic hydroxyl groups is 1. The second kappa shape index (κ2) is 8.84. The third-order valence-corrected chi connectivity index (χ3v) is 8.03. The second-order valence-corrected chi connectivity index (χ2v) is 9.99. The van der Waals surface area contributed by atoms with E-state index < -0.39 is 10.0 Å². The molecule has 2 aromatic carbocycles. The highest BCUT2D eigenvalue weighted by atomic mass is 32.2. The standard InChI is InChI=1S/C25H28N2O4S/c1-4-13-27(14-5-2)32(29,30)18-10-11-22-21(16-18)19-7-6-8-20(19)25(26-22)17-9-12-24(31-3)23(28)15-17/h4-7,9-12,15-16,19-20,25-26,28H,1-2,8,13-14H2,3H3. The molecule has 4 rings (SSSR count). The lowest BCUT2D eigenvalue weighted by molar-refractivity contribution is 0.371. The molecule has 1 heterocycles. The quantitative estimate of drug-likeness (QED) is 0.573. The molecule has 0 radical (unpaired) electrons. The van der Waals surface area contributed by atoms with Crippen LogP contribution in [0.4, 0.5) is 5.69 Å². The van der Waals surface area contributed by atoms with Crippen molar-refractivity contribution >= 4 is 15.7 Å². The van der Waals surface area contributed by atoms with Crippen molar-refractivity contribution in [3.05, 3.63) is 85.0 Å². The number of nitrogens with zero attached hydrogens (tertiary/aromatic N) is 1. The highest BCUT2D eigenvalue weighted by Gasteiger charge is 2.39. The predicted octanol–water partition coefficient (Wildman–Crippen LogP) is 4.59. The largest absolute Gasteiger partial charge is 0.504 e. The van der Waals surface area contributed by atoms with Gasteiger partial charge in [0, 0.05) is 24.7 Å². The smallest absolute Gasteiger partial charge is 0.243 e. The van der Waals surface area contributed by atoms with E-state index in [4.69, 9.17) is 4.74 Å². The number of hydrogen-bond donors (Lipinski definition) is 2. The van der Waals surface area contributed by atoms with Crippen LogP contribution >= 0.6 is 0 Å². The summed E-state index contributed by atoms with van der Waals surface area (Å²) in [5.41, 5.74) is 2.83. The first kappa shape index (κ1) is 22.2. The summed E-state index contributed by atoms with van der Waals surface area (Å²) in [6.45, 7) is 7.79. The van der Waals surface area contributed by atoms with Gasteiger partial charge >= 0.3 is 0 Å². The number of ether oxygens (including phenoxy) is 1. The van der Waals surface area contributed by atoms with Gasteiger partial charge in [-0.05, 0) is 53.8 Å². The summed E-state index contributed by atoms with van der Waals surface area (Å²) in [5.74, 6) is 0.837. The summed E-state index contributed by atoms with van der Waals surface area (Å²) >= 11 is 0. The van der Waals surface area contributed by atoms with Gasteiger partial charge in [0.15, 0.2) is 11.5 Å². The highest BCUT2D eigenvalue weighted by molar-refractivity contribution is 7.89. The molecule has 0 fully saturated rings. The molecule has 0 saturated carbocycles. The number of anilines is 1. The molecule has 2 aromatic rings. The SMILES string of the molecule is C=CCN(CC=C)S(=O)(=O)c1ccc2c(c1)C1C=CCC1C(c1ccc(OC)c(O)c1)N2. The Morgan fingerprint density at radius 2 is 1.94 bits per heavy atom. The number of nitrogens with one attached hydrogen (secondary N) is 1. The van der Waals surface area contributed by atoms with Crippen LogP contribution in [-0.2, 0) is 10.0 Å². The normalized spacial score (nSPS) is 21.5. The molecule has 3 unspecified atom stereocenters. The third kappa shape index (κ3) is 3.82. The molecule has 6 nitrogen and oxygen atoms in total. The molecule has 0 amide bonds. The Bertz CT molecular complexity index is 1160. The lowest BCUT2D eigenvalue weighted by Gasteiger charge is -2.38. The molecule has 1 aliphatic carbocycles. The monoisotopic (exact) mass is 452 g/mol. The summed E-state index contributed by atoms with van der Waals surface area (Å²) < 4.78 is 33.0. The maximum Gasteiger partial charge on any atom is 0.243 e. The Hall–Kier alpha value is -3.03. The Morgan fingerprint density at radius 3 is 2.59 bits per heavy atom. The van der Waals surface area contributed by atoms with Crippen LogP contribution in [0, 0.1) is 5.92 Å². The van der Waals surface area contributed by atoms with Crippen LogP contribution in [0.2, 0.25) is 0 Å². The third-order valence-electron chi connectivity index (χ3n) is 6.20. The molecule has 0 bridgehead atoms. The van der Waals surface area contributed by atoms with Crippen molar-refractivity contribution in [1.82, 2.24) is 4.31 Å². The topological polar surface area (TPSA) is 78.9 Å². The Balaban J connectivity index is 1.72. The number of fused-ring (bicyclic) bond motifs is 3. The van der Waals surface area contributed by atoms with Gasteiger partial charge in [-0.3, -0.25) is 0 Å². The number of rotatable bonds is 8. The van der Waals surface area contributed by atoms with Gasteiger partial charge < -0.3 is 15.2 Å². The van der Waals surface area contributed by atoms with Crippen molar-refractivity contribution in [3.63, 3.8) is 0 Å². The number of hydrogen-bond acceptors (Lipinski definition) is 5. The van der Waals surface area contributed by atoms with E-state index in [1.165, 1.54) is 11.4 Å². The average molecular weight is 453 g/mol. The first-order valence-corrected chi connectivity index (χ1v) is 12.0. The van der Waals surface area contributed by atoms with E-state index in [-0.39, 0.29) is 41.6 Å². The maximum atomic E-state index is 13.2. The molecule has 1 aliphatic heterocycles. The van der Waals surface area contributed by atoms with Crippen LogP contribution in [0.3, 0.4) is 0 Å². The van der Waals surface area contributed by atoms with Crippen LogP contribution in [0.5, 0.6) is 11.5 Å². The highest BCUT2D eigenvalue weighted by Crippen LogP contribution is 2.50. The van der Waals surface area contributed by atoms with Crippen LogP contribution in [-0.4, -0.2) is 38.0 Å². The molecule has 7 heteroatoms. The molecule has 0 spiro atoms. The van der Waals surface area contributed by atoms with Crippen LogP contribution < -0.4 is 10.1 Å². The Kier molecular flexibility index (Phi) is 6.13. The molecule has 32 heavy (non-hydrogen) atoms. The molecule has 3 atom stereocenters. The minimum absolute atomic E-state index is 0.0141. The summed E-state index contributed by atoms with van der Waals surface area (Å²) in [6, 6.07) is 10.7. The zero-order valence-corrected chi connectivity index (χ0v) is 18.9. The van der Waals surface area contributed by atoms with Gasteiger partial charge in [0.2, 0.25) is 10.0 Å². The van der Waals surface area contributed by atoms with Gasteiger partial charge in [0.1, 0.15) is 0 Å². The number of methoxy groups -OCH3 is 1. The zero-order chi connectivity index (χ0) is 22.9. The van der Waals surface area contributed by atoms with Crippen LogP contribution in [0.25, 0.3) is 0 Å². The van der Waals surface area contributed by atoms with E-state index in [1.807, 2.05) is 12.1 Å². The maximum absolute atomic E-state index is 13.2. The fourth-order valence-corrected chi connectivity index (χ4v) is 6.09. The Labute approximate surface area is 189 Å². The van der Waals surface area contributed by atoms with Crippen molar-refractivity contribution < 1.29 is 18.3 Å². The van der Waals surface area contributed by atoms with Gasteiger partial charge in [-0.2, -0.15) is 4.31 Å². The van der Waals surface area contributed by atoms with E-state index in [2.05, 4.69) is 30.6 Å². The lowest BCUT2D eigenvalue weighted by Crippen LogP contribution is -2.32. The summed E-state index contributed by atoms with van der Waals surface area (Å²) in [4.78, 5) is 0.265. The number of phenolic OH excluding ortho intramolecular Hbond substituents is 1. The molecule has 2 aliphatic rings. The molecule has 2 N–H and O–H groups in total.